The van der Waals surface area contributed by atoms with Gasteiger partial charge < -0.3 is 4.74 Å². The maximum absolute atomic E-state index is 11.5. The lowest BCUT2D eigenvalue weighted by molar-refractivity contribution is 0.0544. The van der Waals surface area contributed by atoms with Crippen LogP contribution in [-0.4, -0.2) is 27.3 Å². The number of rotatable bonds is 4. The van der Waals surface area contributed by atoms with Crippen molar-refractivity contribution in [2.24, 2.45) is 7.05 Å². The third kappa shape index (κ3) is 2.59. The molecule has 0 unspecified atom stereocenters. The highest BCUT2D eigenvalue weighted by Crippen LogP contribution is 2.23. The minimum atomic E-state index is -0.434. The summed E-state index contributed by atoms with van der Waals surface area (Å²) in [4.78, 5) is 15.7. The molecule has 0 saturated carbocycles. The number of aryl methyl sites for hydroxylation is 1. The van der Waals surface area contributed by atoms with Gasteiger partial charge in [0.05, 0.1) is 6.20 Å². The third-order valence-electron chi connectivity index (χ3n) is 2.00. The monoisotopic (exact) mass is 249 g/mol. The summed E-state index contributed by atoms with van der Waals surface area (Å²) in [5, 5.41) is 6.48. The lowest BCUT2D eigenvalue weighted by atomic mass is 10.4. The Hall–Kier alpha value is -1.95. The van der Waals surface area contributed by atoms with Crippen molar-refractivity contribution in [3.63, 3.8) is 0 Å². The smallest absolute Gasteiger partial charge is 0.358 e. The predicted octanol–water partition coefficient (Wildman–Crippen LogP) is 1.89. The Morgan fingerprint density at radius 1 is 1.71 bits per heavy atom. The van der Waals surface area contributed by atoms with E-state index < -0.39 is 5.97 Å². The molecule has 0 saturated heterocycles. The maximum atomic E-state index is 11.5. The molecule has 2 aromatic rings. The summed E-state index contributed by atoms with van der Waals surface area (Å²) in [5.41, 5.74) is 1.20. The second-order valence-electron chi connectivity index (χ2n) is 3.33. The standard InChI is InChI=1S/C11H11N3O2S/c1-3-4-16-11(15)9-7-17-10(13-9)8-5-12-14(2)6-8/h3,5-7H,1,4H2,2H3. The van der Waals surface area contributed by atoms with Crippen molar-refractivity contribution in [1.82, 2.24) is 14.8 Å². The van der Waals surface area contributed by atoms with E-state index in [2.05, 4.69) is 16.7 Å². The fourth-order valence-electron chi connectivity index (χ4n) is 1.24. The van der Waals surface area contributed by atoms with E-state index in [-0.39, 0.29) is 6.61 Å². The summed E-state index contributed by atoms with van der Waals surface area (Å²) >= 11 is 1.39. The molecule has 0 radical (unpaired) electrons. The van der Waals surface area contributed by atoms with Crippen molar-refractivity contribution in [3.05, 3.63) is 36.1 Å². The molecular weight excluding hydrogens is 238 g/mol. The first kappa shape index (κ1) is 11.5. The molecule has 0 spiro atoms. The summed E-state index contributed by atoms with van der Waals surface area (Å²) in [6.07, 6.45) is 5.07. The molecule has 0 aromatic carbocycles. The first-order valence-electron chi connectivity index (χ1n) is 4.93. The van der Waals surface area contributed by atoms with Gasteiger partial charge in [-0.05, 0) is 0 Å². The second kappa shape index (κ2) is 4.92. The van der Waals surface area contributed by atoms with E-state index in [9.17, 15) is 4.79 Å². The van der Waals surface area contributed by atoms with Gasteiger partial charge in [-0.15, -0.1) is 11.3 Å². The summed E-state index contributed by atoms with van der Waals surface area (Å²) in [6, 6.07) is 0. The zero-order chi connectivity index (χ0) is 12.3. The van der Waals surface area contributed by atoms with Crippen LogP contribution in [0.2, 0.25) is 0 Å². The predicted molar refractivity (Wildman–Crippen MR) is 64.8 cm³/mol. The number of ether oxygens (including phenoxy) is 1. The van der Waals surface area contributed by atoms with Crippen LogP contribution >= 0.6 is 11.3 Å². The molecule has 88 valence electrons. The zero-order valence-corrected chi connectivity index (χ0v) is 10.1. The van der Waals surface area contributed by atoms with Gasteiger partial charge in [-0.2, -0.15) is 5.10 Å². The Morgan fingerprint density at radius 3 is 3.18 bits per heavy atom. The number of aromatic nitrogens is 3. The topological polar surface area (TPSA) is 57.0 Å². The number of carbonyl (C=O) groups excluding carboxylic acids is 1. The molecule has 5 nitrogen and oxygen atoms in total. The van der Waals surface area contributed by atoms with Crippen molar-refractivity contribution in [3.8, 4) is 10.6 Å². The lowest BCUT2D eigenvalue weighted by Gasteiger charge is -1.96. The van der Waals surface area contributed by atoms with Crippen molar-refractivity contribution >= 4 is 17.3 Å². The maximum Gasteiger partial charge on any atom is 0.358 e. The van der Waals surface area contributed by atoms with Crippen LogP contribution in [0, 0.1) is 0 Å². The number of hydrogen-bond donors (Lipinski definition) is 0. The minimum absolute atomic E-state index is 0.193. The SMILES string of the molecule is C=CCOC(=O)c1csc(-c2cnn(C)c2)n1. The van der Waals surface area contributed by atoms with Crippen LogP contribution in [0.15, 0.2) is 30.4 Å². The van der Waals surface area contributed by atoms with Gasteiger partial charge in [0.15, 0.2) is 5.69 Å². The van der Waals surface area contributed by atoms with E-state index in [1.807, 2.05) is 13.2 Å². The molecule has 0 fully saturated rings. The molecule has 0 aliphatic heterocycles. The van der Waals surface area contributed by atoms with Gasteiger partial charge in [0.2, 0.25) is 0 Å². The Morgan fingerprint density at radius 2 is 2.53 bits per heavy atom. The van der Waals surface area contributed by atoms with Crippen molar-refractivity contribution < 1.29 is 9.53 Å². The highest BCUT2D eigenvalue weighted by atomic mass is 32.1. The Balaban J connectivity index is 2.15. The average molecular weight is 249 g/mol. The Kier molecular flexibility index (Phi) is 3.34. The quantitative estimate of drug-likeness (QED) is 0.613. The minimum Gasteiger partial charge on any atom is -0.457 e. The molecule has 0 aliphatic carbocycles. The van der Waals surface area contributed by atoms with Crippen LogP contribution in [0.1, 0.15) is 10.5 Å². The molecule has 17 heavy (non-hydrogen) atoms. The van der Waals surface area contributed by atoms with Crippen LogP contribution < -0.4 is 0 Å². The summed E-state index contributed by atoms with van der Waals surface area (Å²) in [7, 11) is 1.83. The van der Waals surface area contributed by atoms with Gasteiger partial charge in [-0.25, -0.2) is 9.78 Å². The molecule has 0 N–H and O–H groups in total. The molecular formula is C11H11N3O2S. The summed E-state index contributed by atoms with van der Waals surface area (Å²) in [5.74, 6) is -0.434. The zero-order valence-electron chi connectivity index (χ0n) is 9.29. The van der Waals surface area contributed by atoms with Crippen molar-refractivity contribution in [1.29, 1.82) is 0 Å². The van der Waals surface area contributed by atoms with E-state index in [0.717, 1.165) is 10.6 Å². The fraction of sp³-hybridized carbons (Fsp3) is 0.182. The van der Waals surface area contributed by atoms with Gasteiger partial charge in [0, 0.05) is 24.2 Å². The molecule has 2 aromatic heterocycles. The van der Waals surface area contributed by atoms with E-state index >= 15 is 0 Å². The number of esters is 1. The lowest BCUT2D eigenvalue weighted by Crippen LogP contribution is -2.05. The highest BCUT2D eigenvalue weighted by molar-refractivity contribution is 7.13. The van der Waals surface area contributed by atoms with Gasteiger partial charge in [0.1, 0.15) is 11.6 Å². The first-order valence-corrected chi connectivity index (χ1v) is 5.81. The number of hydrogen-bond acceptors (Lipinski definition) is 5. The van der Waals surface area contributed by atoms with Gasteiger partial charge in [-0.1, -0.05) is 12.7 Å². The van der Waals surface area contributed by atoms with Crippen LogP contribution in [0.4, 0.5) is 0 Å². The Bertz CT molecular complexity index is 544. The Labute approximate surface area is 102 Å². The van der Waals surface area contributed by atoms with E-state index in [1.54, 1.807) is 16.3 Å². The molecule has 0 amide bonds. The van der Waals surface area contributed by atoms with Crippen LogP contribution in [0.5, 0.6) is 0 Å². The molecule has 0 aliphatic rings. The summed E-state index contributed by atoms with van der Waals surface area (Å²) in [6.45, 7) is 3.67. The van der Waals surface area contributed by atoms with E-state index in [4.69, 9.17) is 4.74 Å². The molecule has 0 atom stereocenters. The number of thiazole rings is 1. The van der Waals surface area contributed by atoms with E-state index in [1.165, 1.54) is 17.4 Å². The van der Waals surface area contributed by atoms with Gasteiger partial charge in [-0.3, -0.25) is 4.68 Å². The van der Waals surface area contributed by atoms with Crippen LogP contribution in [-0.2, 0) is 11.8 Å². The average Bonchev–Trinajstić information content (AvgIpc) is 2.93. The van der Waals surface area contributed by atoms with Crippen molar-refractivity contribution in [2.45, 2.75) is 0 Å². The molecule has 0 bridgehead atoms. The van der Waals surface area contributed by atoms with Crippen LogP contribution in [0.3, 0.4) is 0 Å². The molecule has 2 rings (SSSR count). The largest absolute Gasteiger partial charge is 0.457 e. The fourth-order valence-corrected chi connectivity index (χ4v) is 2.01. The second-order valence-corrected chi connectivity index (χ2v) is 4.19. The third-order valence-corrected chi connectivity index (χ3v) is 2.89. The van der Waals surface area contributed by atoms with Gasteiger partial charge in [0.25, 0.3) is 0 Å². The van der Waals surface area contributed by atoms with Gasteiger partial charge >= 0.3 is 5.97 Å². The summed E-state index contributed by atoms with van der Waals surface area (Å²) < 4.78 is 6.58. The van der Waals surface area contributed by atoms with Crippen molar-refractivity contribution in [2.75, 3.05) is 6.61 Å². The number of carbonyl (C=O) groups is 1. The van der Waals surface area contributed by atoms with Crippen LogP contribution in [0.25, 0.3) is 10.6 Å². The molecule has 6 heteroatoms. The first-order chi connectivity index (χ1) is 8.20. The highest BCUT2D eigenvalue weighted by Gasteiger charge is 2.13. The molecule has 2 heterocycles. The normalized spacial score (nSPS) is 10.2. The van der Waals surface area contributed by atoms with E-state index in [0.29, 0.717) is 5.69 Å². The number of nitrogens with zero attached hydrogens (tertiary/aromatic N) is 3.